The lowest BCUT2D eigenvalue weighted by Gasteiger charge is -2.25. The molecule has 31 heavy (non-hydrogen) atoms. The monoisotopic (exact) mass is 463 g/mol. The lowest BCUT2D eigenvalue weighted by atomic mass is 10.1. The number of aromatic nitrogens is 1. The first-order chi connectivity index (χ1) is 14.9. The van der Waals surface area contributed by atoms with Gasteiger partial charge in [-0.1, -0.05) is 24.2 Å². The Morgan fingerprint density at radius 3 is 2.68 bits per heavy atom. The molecule has 1 aromatic heterocycles. The summed E-state index contributed by atoms with van der Waals surface area (Å²) >= 11 is 1.26. The van der Waals surface area contributed by atoms with Crippen LogP contribution in [-0.2, 0) is 14.8 Å². The molecule has 10 heteroatoms. The van der Waals surface area contributed by atoms with E-state index in [1.165, 1.54) is 22.3 Å². The van der Waals surface area contributed by atoms with Crippen LogP contribution in [0.5, 0.6) is 11.5 Å². The molecule has 0 bridgehead atoms. The molecule has 1 N–H and O–H groups in total. The molecular formula is C21H25N3O5S2. The van der Waals surface area contributed by atoms with Gasteiger partial charge in [-0.2, -0.15) is 4.31 Å². The molecule has 1 fully saturated rings. The first-order valence-electron chi connectivity index (χ1n) is 10.2. The van der Waals surface area contributed by atoms with E-state index >= 15 is 0 Å². The molecule has 2 aliphatic rings. The van der Waals surface area contributed by atoms with E-state index in [2.05, 4.69) is 10.3 Å². The van der Waals surface area contributed by atoms with Crippen molar-refractivity contribution in [2.75, 3.05) is 25.6 Å². The van der Waals surface area contributed by atoms with E-state index in [0.717, 1.165) is 24.8 Å². The number of carbonyl (C=O) groups excluding carboxylic acids is 1. The van der Waals surface area contributed by atoms with Crippen molar-refractivity contribution in [3.8, 4) is 11.5 Å². The van der Waals surface area contributed by atoms with Crippen molar-refractivity contribution in [3.63, 3.8) is 0 Å². The van der Waals surface area contributed by atoms with E-state index in [9.17, 15) is 13.2 Å². The third-order valence-electron chi connectivity index (χ3n) is 5.29. The van der Waals surface area contributed by atoms with Gasteiger partial charge in [-0.3, -0.25) is 4.79 Å². The number of hydrogen-bond acceptors (Lipinski definition) is 7. The molecule has 0 aliphatic carbocycles. The number of benzene rings is 1. The number of sulfonamides is 1. The van der Waals surface area contributed by atoms with Gasteiger partial charge in [0.25, 0.3) is 0 Å². The van der Waals surface area contributed by atoms with Gasteiger partial charge in [-0.25, -0.2) is 13.4 Å². The highest BCUT2D eigenvalue weighted by Crippen LogP contribution is 2.34. The fraction of sp³-hybridized carbons (Fsp3) is 0.429. The minimum Gasteiger partial charge on any atom is -0.454 e. The van der Waals surface area contributed by atoms with Crippen LogP contribution in [0.15, 0.2) is 46.5 Å². The highest BCUT2D eigenvalue weighted by atomic mass is 32.2. The van der Waals surface area contributed by atoms with Gasteiger partial charge in [0.05, 0.1) is 16.8 Å². The molecule has 2 aromatic rings. The lowest BCUT2D eigenvalue weighted by Crippen LogP contribution is -2.35. The van der Waals surface area contributed by atoms with Crippen LogP contribution in [0.25, 0.3) is 0 Å². The molecule has 1 aromatic carbocycles. The molecule has 3 heterocycles. The second-order valence-corrected chi connectivity index (χ2v) is 10.4. The number of hydrogen-bond donors (Lipinski definition) is 1. The van der Waals surface area contributed by atoms with Gasteiger partial charge in [0.1, 0.15) is 4.90 Å². The minimum absolute atomic E-state index is 0.137. The third-order valence-corrected chi connectivity index (χ3v) is 8.11. The van der Waals surface area contributed by atoms with Crippen LogP contribution < -0.4 is 14.8 Å². The maximum absolute atomic E-state index is 12.7. The Bertz CT molecular complexity index is 1040. The Balaban J connectivity index is 1.30. The largest absolute Gasteiger partial charge is 0.454 e. The minimum atomic E-state index is -3.50. The molecular weight excluding hydrogens is 438 g/mol. The van der Waals surface area contributed by atoms with Gasteiger partial charge in [0.2, 0.25) is 22.7 Å². The summed E-state index contributed by atoms with van der Waals surface area (Å²) in [6.45, 7) is 3.22. The molecule has 1 saturated heterocycles. The van der Waals surface area contributed by atoms with E-state index in [1.54, 1.807) is 12.1 Å². The second kappa shape index (κ2) is 9.46. The van der Waals surface area contributed by atoms with Crippen LogP contribution in [0.3, 0.4) is 0 Å². The zero-order chi connectivity index (χ0) is 21.8. The highest BCUT2D eigenvalue weighted by molar-refractivity contribution is 7.99. The van der Waals surface area contributed by atoms with Gasteiger partial charge in [0, 0.05) is 19.3 Å². The fourth-order valence-electron chi connectivity index (χ4n) is 3.55. The number of nitrogens with one attached hydrogen (secondary N) is 1. The van der Waals surface area contributed by atoms with E-state index < -0.39 is 10.0 Å². The van der Waals surface area contributed by atoms with Crippen LogP contribution in [0.4, 0.5) is 0 Å². The summed E-state index contributed by atoms with van der Waals surface area (Å²) in [5, 5.41) is 3.55. The average Bonchev–Trinajstić information content (AvgIpc) is 3.26. The van der Waals surface area contributed by atoms with Gasteiger partial charge < -0.3 is 14.8 Å². The van der Waals surface area contributed by atoms with Crippen LogP contribution in [0.2, 0.25) is 0 Å². The lowest BCUT2D eigenvalue weighted by molar-refractivity contribution is -0.119. The third kappa shape index (κ3) is 5.13. The summed E-state index contributed by atoms with van der Waals surface area (Å²) < 4.78 is 37.6. The summed E-state index contributed by atoms with van der Waals surface area (Å²) in [4.78, 5) is 16.8. The number of nitrogens with zero attached hydrogens (tertiary/aromatic N) is 2. The van der Waals surface area contributed by atoms with Gasteiger partial charge in [-0.05, 0) is 49.6 Å². The SMILES string of the molecule is C[C@H](NC(=O)CSc1ccc(S(=O)(=O)N2CCCCC2)cn1)c1ccc2c(c1)OCO2. The van der Waals surface area contributed by atoms with E-state index in [1.807, 2.05) is 25.1 Å². The predicted octanol–water partition coefficient (Wildman–Crippen LogP) is 2.95. The van der Waals surface area contributed by atoms with Crippen molar-refractivity contribution in [3.05, 3.63) is 42.1 Å². The Hall–Kier alpha value is -2.30. The number of pyridine rings is 1. The molecule has 1 amide bonds. The Morgan fingerprint density at radius 1 is 1.16 bits per heavy atom. The zero-order valence-electron chi connectivity index (χ0n) is 17.2. The number of thioether (sulfide) groups is 1. The fourth-order valence-corrected chi connectivity index (χ4v) is 5.66. The van der Waals surface area contributed by atoms with Gasteiger partial charge >= 0.3 is 0 Å². The maximum Gasteiger partial charge on any atom is 0.244 e. The predicted molar refractivity (Wildman–Crippen MR) is 117 cm³/mol. The molecule has 0 unspecified atom stereocenters. The molecule has 0 radical (unpaired) electrons. The first kappa shape index (κ1) is 21.9. The maximum atomic E-state index is 12.7. The van der Waals surface area contributed by atoms with Crippen LogP contribution >= 0.6 is 11.8 Å². The number of carbonyl (C=O) groups is 1. The van der Waals surface area contributed by atoms with Gasteiger partial charge in [-0.15, -0.1) is 0 Å². The number of amides is 1. The molecule has 166 valence electrons. The Kier molecular flexibility index (Phi) is 6.68. The second-order valence-electron chi connectivity index (χ2n) is 7.49. The zero-order valence-corrected chi connectivity index (χ0v) is 18.9. The number of fused-ring (bicyclic) bond motifs is 1. The Morgan fingerprint density at radius 2 is 1.94 bits per heavy atom. The highest BCUT2D eigenvalue weighted by Gasteiger charge is 2.26. The number of rotatable bonds is 7. The van der Waals surface area contributed by atoms with Crippen molar-refractivity contribution in [2.24, 2.45) is 0 Å². The standard InChI is InChI=1S/C21H25N3O5S2/c1-15(16-5-7-18-19(11-16)29-14-28-18)23-20(25)13-30-21-8-6-17(12-22-21)31(26,27)24-9-3-2-4-10-24/h5-8,11-12,15H,2-4,9-10,13-14H2,1H3,(H,23,25)/t15-/m0/s1. The number of piperidine rings is 1. The normalized spacial score (nSPS) is 17.3. The van der Waals surface area contributed by atoms with Crippen molar-refractivity contribution in [2.45, 2.75) is 42.1 Å². The summed E-state index contributed by atoms with van der Waals surface area (Å²) in [5.41, 5.74) is 0.924. The average molecular weight is 464 g/mol. The molecule has 4 rings (SSSR count). The van der Waals surface area contributed by atoms with Crippen LogP contribution in [0.1, 0.15) is 37.8 Å². The van der Waals surface area contributed by atoms with Crippen molar-refractivity contribution >= 4 is 27.7 Å². The summed E-state index contributed by atoms with van der Waals surface area (Å²) in [6.07, 6.45) is 4.22. The van der Waals surface area contributed by atoms with Gasteiger partial charge in [0.15, 0.2) is 11.5 Å². The molecule has 0 saturated carbocycles. The smallest absolute Gasteiger partial charge is 0.244 e. The quantitative estimate of drug-likeness (QED) is 0.631. The topological polar surface area (TPSA) is 97.8 Å². The number of ether oxygens (including phenoxy) is 2. The van der Waals surface area contributed by atoms with Crippen molar-refractivity contribution < 1.29 is 22.7 Å². The molecule has 0 spiro atoms. The van der Waals surface area contributed by atoms with Crippen molar-refractivity contribution in [1.82, 2.24) is 14.6 Å². The van der Waals surface area contributed by atoms with E-state index in [-0.39, 0.29) is 29.4 Å². The first-order valence-corrected chi connectivity index (χ1v) is 12.6. The summed E-state index contributed by atoms with van der Waals surface area (Å²) in [6, 6.07) is 8.62. The summed E-state index contributed by atoms with van der Waals surface area (Å²) in [5.74, 6) is 1.42. The van der Waals surface area contributed by atoms with E-state index in [0.29, 0.717) is 29.6 Å². The molecule has 8 nitrogen and oxygen atoms in total. The molecule has 2 aliphatic heterocycles. The van der Waals surface area contributed by atoms with Crippen LogP contribution in [0, 0.1) is 0 Å². The van der Waals surface area contributed by atoms with E-state index in [4.69, 9.17) is 9.47 Å². The Labute approximate surface area is 186 Å². The van der Waals surface area contributed by atoms with Crippen LogP contribution in [-0.4, -0.2) is 49.2 Å². The van der Waals surface area contributed by atoms with Crippen molar-refractivity contribution in [1.29, 1.82) is 0 Å². The summed E-state index contributed by atoms with van der Waals surface area (Å²) in [7, 11) is -3.50. The molecule has 1 atom stereocenters.